The smallest absolute Gasteiger partial charge is 0.222 e. The monoisotopic (exact) mass is 186 g/mol. The number of nitrogens with zero attached hydrogens (tertiary/aromatic N) is 1. The van der Waals surface area contributed by atoms with Gasteiger partial charge in [-0.15, -0.1) is 0 Å². The molecule has 4 heteroatoms. The Bertz CT molecular complexity index is 184. The van der Waals surface area contributed by atoms with Crippen LogP contribution in [-0.2, 0) is 4.79 Å². The maximum atomic E-state index is 11.4. The van der Waals surface area contributed by atoms with E-state index in [0.29, 0.717) is 13.0 Å². The molecule has 1 aliphatic heterocycles. The molecule has 0 saturated carbocycles. The van der Waals surface area contributed by atoms with Gasteiger partial charge in [0.15, 0.2) is 0 Å². The Kier molecular flexibility index (Phi) is 3.69. The van der Waals surface area contributed by atoms with Crippen molar-refractivity contribution >= 4 is 5.91 Å². The molecule has 13 heavy (non-hydrogen) atoms. The topological polar surface area (TPSA) is 66.6 Å². The van der Waals surface area contributed by atoms with Crippen molar-refractivity contribution in [3.8, 4) is 0 Å². The summed E-state index contributed by atoms with van der Waals surface area (Å²) >= 11 is 0. The molecule has 4 nitrogen and oxygen atoms in total. The lowest BCUT2D eigenvalue weighted by atomic mass is 10.0. The van der Waals surface area contributed by atoms with Gasteiger partial charge in [0.1, 0.15) is 0 Å². The van der Waals surface area contributed by atoms with Crippen LogP contribution in [0.5, 0.6) is 0 Å². The summed E-state index contributed by atoms with van der Waals surface area (Å²) in [5, 5.41) is 8.77. The second kappa shape index (κ2) is 4.58. The maximum absolute atomic E-state index is 11.4. The molecular formula is C9H18N2O2. The molecule has 1 fully saturated rings. The molecule has 0 aromatic rings. The minimum atomic E-state index is -0.301. The van der Waals surface area contributed by atoms with E-state index in [1.807, 2.05) is 6.92 Å². The fourth-order valence-corrected chi connectivity index (χ4v) is 1.69. The van der Waals surface area contributed by atoms with Crippen LogP contribution in [0.25, 0.3) is 0 Å². The van der Waals surface area contributed by atoms with Gasteiger partial charge in [-0.05, 0) is 19.8 Å². The lowest BCUT2D eigenvalue weighted by Gasteiger charge is -2.34. The highest BCUT2D eigenvalue weighted by Gasteiger charge is 2.25. The van der Waals surface area contributed by atoms with Gasteiger partial charge in [0, 0.05) is 25.0 Å². The molecule has 0 radical (unpaired) electrons. The van der Waals surface area contributed by atoms with Gasteiger partial charge in [-0.2, -0.15) is 0 Å². The molecule has 0 aliphatic carbocycles. The quantitative estimate of drug-likeness (QED) is 0.636. The fraction of sp³-hybridized carbons (Fsp3) is 0.889. The number of carbonyl (C=O) groups is 1. The molecule has 1 aliphatic rings. The van der Waals surface area contributed by atoms with E-state index >= 15 is 0 Å². The van der Waals surface area contributed by atoms with Gasteiger partial charge in [0.05, 0.1) is 6.61 Å². The molecule has 2 atom stereocenters. The number of nitrogens with two attached hydrogens (primary N) is 1. The van der Waals surface area contributed by atoms with Crippen LogP contribution in [0.1, 0.15) is 26.2 Å². The second-order valence-electron chi connectivity index (χ2n) is 3.73. The molecule has 0 spiro atoms. The summed E-state index contributed by atoms with van der Waals surface area (Å²) in [4.78, 5) is 13.2. The van der Waals surface area contributed by atoms with Crippen molar-refractivity contribution in [1.29, 1.82) is 0 Å². The summed E-state index contributed by atoms with van der Waals surface area (Å²) in [5.74, 6) is 0.169. The van der Waals surface area contributed by atoms with E-state index in [0.717, 1.165) is 12.8 Å². The Hall–Kier alpha value is -0.610. The lowest BCUT2D eigenvalue weighted by Crippen LogP contribution is -2.49. The summed E-state index contributed by atoms with van der Waals surface area (Å²) in [6, 6.07) is -0.0247. The number of rotatable bonds is 3. The van der Waals surface area contributed by atoms with Gasteiger partial charge in [-0.3, -0.25) is 4.79 Å². The number of piperidine rings is 1. The third-order valence-electron chi connectivity index (χ3n) is 2.53. The number of carbonyl (C=O) groups excluding carboxylic acids is 1. The predicted octanol–water partition coefficient (Wildman–Crippen LogP) is -0.293. The average Bonchev–Trinajstić information content (AvgIpc) is 2.11. The van der Waals surface area contributed by atoms with Crippen molar-refractivity contribution in [2.24, 2.45) is 5.73 Å². The highest BCUT2D eigenvalue weighted by molar-refractivity contribution is 5.77. The highest BCUT2D eigenvalue weighted by Crippen LogP contribution is 2.17. The first-order valence-electron chi connectivity index (χ1n) is 4.81. The van der Waals surface area contributed by atoms with Crippen molar-refractivity contribution in [3.63, 3.8) is 0 Å². The van der Waals surface area contributed by atoms with Crippen LogP contribution in [0.2, 0.25) is 0 Å². The molecule has 1 amide bonds. The number of aliphatic hydroxyl groups is 1. The number of hydrogen-bond acceptors (Lipinski definition) is 3. The summed E-state index contributed by atoms with van der Waals surface area (Å²) in [6.45, 7) is 2.45. The zero-order chi connectivity index (χ0) is 9.84. The second-order valence-corrected chi connectivity index (χ2v) is 3.73. The fourth-order valence-electron chi connectivity index (χ4n) is 1.69. The SMILES string of the molecule is CC1CCCC(=O)N1CC(N)CO. The van der Waals surface area contributed by atoms with Gasteiger partial charge in [-0.25, -0.2) is 0 Å². The van der Waals surface area contributed by atoms with E-state index in [-0.39, 0.29) is 24.6 Å². The molecule has 0 aromatic carbocycles. The van der Waals surface area contributed by atoms with Crippen LogP contribution in [0.3, 0.4) is 0 Å². The first-order chi connectivity index (χ1) is 6.15. The van der Waals surface area contributed by atoms with E-state index in [4.69, 9.17) is 10.8 Å². The number of aliphatic hydroxyl groups excluding tert-OH is 1. The standard InChI is InChI=1S/C9H18N2O2/c1-7-3-2-4-9(13)11(7)5-8(10)6-12/h7-8,12H,2-6,10H2,1H3. The number of likely N-dealkylation sites (tertiary alicyclic amines) is 1. The molecule has 0 aromatic heterocycles. The van der Waals surface area contributed by atoms with E-state index in [1.165, 1.54) is 0 Å². The molecule has 1 heterocycles. The molecular weight excluding hydrogens is 168 g/mol. The zero-order valence-electron chi connectivity index (χ0n) is 8.07. The summed E-state index contributed by atoms with van der Waals surface area (Å²) in [7, 11) is 0. The van der Waals surface area contributed by atoms with Gasteiger partial charge in [-0.1, -0.05) is 0 Å². The minimum absolute atomic E-state index is 0.0590. The van der Waals surface area contributed by atoms with Crippen LogP contribution < -0.4 is 5.73 Å². The summed E-state index contributed by atoms with van der Waals surface area (Å²) in [5.41, 5.74) is 5.58. The van der Waals surface area contributed by atoms with Crippen molar-refractivity contribution < 1.29 is 9.90 Å². The van der Waals surface area contributed by atoms with Crippen LogP contribution in [0, 0.1) is 0 Å². The van der Waals surface area contributed by atoms with Crippen LogP contribution in [0.4, 0.5) is 0 Å². The molecule has 1 saturated heterocycles. The van der Waals surface area contributed by atoms with Crippen molar-refractivity contribution in [2.75, 3.05) is 13.2 Å². The highest BCUT2D eigenvalue weighted by atomic mass is 16.3. The Morgan fingerprint density at radius 2 is 2.46 bits per heavy atom. The predicted molar refractivity (Wildman–Crippen MR) is 50.1 cm³/mol. The third kappa shape index (κ3) is 2.67. The normalized spacial score (nSPS) is 26.2. The largest absolute Gasteiger partial charge is 0.395 e. The zero-order valence-corrected chi connectivity index (χ0v) is 8.07. The van der Waals surface area contributed by atoms with Crippen LogP contribution in [-0.4, -0.2) is 41.1 Å². The van der Waals surface area contributed by atoms with Gasteiger partial charge >= 0.3 is 0 Å². The molecule has 2 unspecified atom stereocenters. The van der Waals surface area contributed by atoms with E-state index in [1.54, 1.807) is 4.90 Å². The Labute approximate surface area is 78.7 Å². The first-order valence-corrected chi connectivity index (χ1v) is 4.81. The van der Waals surface area contributed by atoms with E-state index in [2.05, 4.69) is 0 Å². The minimum Gasteiger partial charge on any atom is -0.395 e. The third-order valence-corrected chi connectivity index (χ3v) is 2.53. The average molecular weight is 186 g/mol. The summed E-state index contributed by atoms with van der Waals surface area (Å²) < 4.78 is 0. The van der Waals surface area contributed by atoms with Crippen molar-refractivity contribution in [3.05, 3.63) is 0 Å². The summed E-state index contributed by atoms with van der Waals surface area (Å²) in [6.07, 6.45) is 2.65. The van der Waals surface area contributed by atoms with Crippen molar-refractivity contribution in [2.45, 2.75) is 38.3 Å². The molecule has 1 rings (SSSR count). The lowest BCUT2D eigenvalue weighted by molar-refractivity contribution is -0.136. The molecule has 3 N–H and O–H groups in total. The maximum Gasteiger partial charge on any atom is 0.222 e. The molecule has 0 bridgehead atoms. The van der Waals surface area contributed by atoms with Gasteiger partial charge in [0.2, 0.25) is 5.91 Å². The van der Waals surface area contributed by atoms with Gasteiger partial charge < -0.3 is 15.7 Å². The van der Waals surface area contributed by atoms with E-state index < -0.39 is 0 Å². The Balaban J connectivity index is 2.48. The Morgan fingerprint density at radius 3 is 3.00 bits per heavy atom. The molecule has 76 valence electrons. The first kappa shape index (κ1) is 10.5. The van der Waals surface area contributed by atoms with Gasteiger partial charge in [0.25, 0.3) is 0 Å². The Morgan fingerprint density at radius 1 is 1.77 bits per heavy atom. The van der Waals surface area contributed by atoms with Crippen LogP contribution >= 0.6 is 0 Å². The van der Waals surface area contributed by atoms with E-state index in [9.17, 15) is 4.79 Å². The van der Waals surface area contributed by atoms with Crippen molar-refractivity contribution in [1.82, 2.24) is 4.90 Å². The number of amides is 1. The van der Waals surface area contributed by atoms with Crippen LogP contribution in [0.15, 0.2) is 0 Å². The number of hydrogen-bond donors (Lipinski definition) is 2.